The Morgan fingerprint density at radius 1 is 0.304 bits per heavy atom. The summed E-state index contributed by atoms with van der Waals surface area (Å²) < 4.78 is 5.10. The van der Waals surface area contributed by atoms with Crippen LogP contribution < -0.4 is 26.2 Å². The molecule has 0 atom stereocenters. The summed E-state index contributed by atoms with van der Waals surface area (Å²) in [6, 6.07) is 90.0. The summed E-state index contributed by atoms with van der Waals surface area (Å²) in [5.41, 5.74) is 32.5. The Kier molecular flexibility index (Phi) is 15.4. The third-order valence-electron chi connectivity index (χ3n) is 22.3. The fraction of sp³-hybridized carbons (Fsp3) is 0.260. The van der Waals surface area contributed by atoms with E-state index in [2.05, 4.69) is 374 Å². The maximum atomic E-state index is 4.86. The Morgan fingerprint density at radius 3 is 1.16 bits per heavy atom. The molecular formula is C96H96BN5. The highest BCUT2D eigenvalue weighted by molar-refractivity contribution is 7.00. The predicted octanol–water partition coefficient (Wildman–Crippen LogP) is 24.0. The molecule has 0 spiro atoms. The number of benzene rings is 11. The van der Waals surface area contributed by atoms with Crippen molar-refractivity contribution in [2.75, 3.05) is 9.80 Å². The van der Waals surface area contributed by atoms with Crippen LogP contribution in [0.1, 0.15) is 164 Å². The normalized spacial score (nSPS) is 13.6. The van der Waals surface area contributed by atoms with Gasteiger partial charge < -0.3 is 18.9 Å². The van der Waals surface area contributed by atoms with Crippen LogP contribution in [0.2, 0.25) is 0 Å². The van der Waals surface area contributed by atoms with Gasteiger partial charge in [-0.2, -0.15) is 0 Å². The minimum absolute atomic E-state index is 0.00735. The van der Waals surface area contributed by atoms with Crippen molar-refractivity contribution in [3.8, 4) is 44.8 Å². The van der Waals surface area contributed by atoms with Crippen molar-refractivity contribution >= 4 is 95.1 Å². The Morgan fingerprint density at radius 2 is 0.706 bits per heavy atom. The van der Waals surface area contributed by atoms with Gasteiger partial charge in [0.2, 0.25) is 0 Å². The number of fused-ring (bicyclic) bond motifs is 10. The van der Waals surface area contributed by atoms with Crippen molar-refractivity contribution < 1.29 is 0 Å². The quantitative estimate of drug-likeness (QED) is 0.142. The molecule has 11 aromatic carbocycles. The topological polar surface area (TPSA) is 29.2 Å². The van der Waals surface area contributed by atoms with Crippen LogP contribution >= 0.6 is 0 Å². The summed E-state index contributed by atoms with van der Waals surface area (Å²) in [5.74, 6) is 0. The van der Waals surface area contributed by atoms with Crippen LogP contribution in [0.3, 0.4) is 0 Å². The predicted molar refractivity (Wildman–Crippen MR) is 439 cm³/mol. The molecule has 14 aromatic rings. The molecule has 0 saturated heterocycles. The monoisotopic (exact) mass is 1330 g/mol. The number of aromatic nitrogens is 3. The molecule has 6 heteroatoms. The maximum absolute atomic E-state index is 4.86. The van der Waals surface area contributed by atoms with E-state index in [4.69, 9.17) is 4.98 Å². The molecule has 0 unspecified atom stereocenters. The fourth-order valence-electron chi connectivity index (χ4n) is 16.2. The van der Waals surface area contributed by atoms with Crippen LogP contribution in [0.15, 0.2) is 243 Å². The molecule has 0 bridgehead atoms. The van der Waals surface area contributed by atoms with E-state index in [1.54, 1.807) is 0 Å². The Hall–Kier alpha value is -10.2. The van der Waals surface area contributed by atoms with E-state index >= 15 is 0 Å². The van der Waals surface area contributed by atoms with E-state index in [1.807, 2.05) is 12.4 Å². The summed E-state index contributed by atoms with van der Waals surface area (Å²) in [4.78, 5) is 10.2. The zero-order valence-electron chi connectivity index (χ0n) is 63.1. The number of hydrogen-bond acceptors (Lipinski definition) is 3. The van der Waals surface area contributed by atoms with Crippen molar-refractivity contribution in [3.63, 3.8) is 0 Å². The number of nitrogens with zero attached hydrogens (tertiary/aromatic N) is 5. The van der Waals surface area contributed by atoms with Gasteiger partial charge in [-0.15, -0.1) is 0 Å². The maximum Gasteiger partial charge on any atom is 0.252 e. The summed E-state index contributed by atoms with van der Waals surface area (Å²) in [5, 5.41) is 5.09. The molecule has 102 heavy (non-hydrogen) atoms. The van der Waals surface area contributed by atoms with Crippen molar-refractivity contribution in [1.82, 2.24) is 14.1 Å². The smallest absolute Gasteiger partial charge is 0.252 e. The lowest BCUT2D eigenvalue weighted by molar-refractivity contribution is 0.590. The molecule has 508 valence electrons. The molecule has 0 aliphatic carbocycles. The first-order valence-electron chi connectivity index (χ1n) is 36.9. The van der Waals surface area contributed by atoms with Gasteiger partial charge >= 0.3 is 0 Å². The Labute approximate surface area is 605 Å². The molecule has 2 aliphatic rings. The second-order valence-corrected chi connectivity index (χ2v) is 35.4. The first-order chi connectivity index (χ1) is 48.4. The van der Waals surface area contributed by atoms with Crippen LogP contribution in [0.5, 0.6) is 0 Å². The first-order valence-corrected chi connectivity index (χ1v) is 36.9. The Bertz CT molecular complexity index is 5520. The highest BCUT2D eigenvalue weighted by Gasteiger charge is 2.45. The van der Waals surface area contributed by atoms with Gasteiger partial charge in [-0.1, -0.05) is 258 Å². The van der Waals surface area contributed by atoms with Gasteiger partial charge in [0.1, 0.15) is 0 Å². The highest BCUT2D eigenvalue weighted by Crippen LogP contribution is 2.50. The van der Waals surface area contributed by atoms with Crippen molar-refractivity contribution in [1.29, 1.82) is 0 Å². The molecule has 0 saturated carbocycles. The molecular weight excluding hydrogens is 1230 g/mol. The number of pyridine rings is 1. The molecule has 0 amide bonds. The van der Waals surface area contributed by atoms with E-state index in [9.17, 15) is 0 Å². The summed E-state index contributed by atoms with van der Waals surface area (Å²) >= 11 is 0. The number of rotatable bonds is 8. The van der Waals surface area contributed by atoms with E-state index in [-0.39, 0.29) is 39.2 Å². The van der Waals surface area contributed by atoms with Gasteiger partial charge in [0.15, 0.2) is 0 Å². The van der Waals surface area contributed by atoms with Crippen LogP contribution in [0.4, 0.5) is 28.4 Å². The van der Waals surface area contributed by atoms with Crippen molar-refractivity contribution in [2.45, 2.75) is 164 Å². The molecule has 0 radical (unpaired) electrons. The van der Waals surface area contributed by atoms with E-state index < -0.39 is 0 Å². The van der Waals surface area contributed by atoms with E-state index in [0.717, 1.165) is 45.1 Å². The number of anilines is 5. The lowest BCUT2D eigenvalue weighted by atomic mass is 9.33. The van der Waals surface area contributed by atoms with Crippen LogP contribution in [-0.2, 0) is 39.0 Å². The van der Waals surface area contributed by atoms with Gasteiger partial charge in [0, 0.05) is 85.7 Å². The van der Waals surface area contributed by atoms with Gasteiger partial charge in [-0.25, -0.2) is 0 Å². The fourth-order valence-corrected chi connectivity index (χ4v) is 16.2. The third-order valence-corrected chi connectivity index (χ3v) is 22.3. The second-order valence-electron chi connectivity index (χ2n) is 35.4. The minimum Gasteiger partial charge on any atom is -0.338 e. The summed E-state index contributed by atoms with van der Waals surface area (Å²) in [7, 11) is 0. The summed E-state index contributed by atoms with van der Waals surface area (Å²) in [6.45, 7) is 42.2. The number of hydrogen-bond donors (Lipinski definition) is 0. The third kappa shape index (κ3) is 11.4. The minimum atomic E-state index is -0.180. The van der Waals surface area contributed by atoms with E-state index in [1.165, 1.54) is 127 Å². The lowest BCUT2D eigenvalue weighted by Gasteiger charge is -2.45. The molecule has 3 aromatic heterocycles. The summed E-state index contributed by atoms with van der Waals surface area (Å²) in [6.07, 6.45) is 3.94. The first kappa shape index (κ1) is 66.4. The SMILES string of the molecule is CC(C)(C)c1ccc(-c2ccccc2CN2c3cc(-n4c5ccc(C(C)(C)C)cc5c5cc(C(C)(C)C)ccc54)ccc3B3c4ccc(-n5c6ccc(C(C)(C)C)cc6c6cc(C(C)(C)C)ccc65)cc4N(c4ccccc4-c4ccc(C(C)(C)C)cc4)c4cc(-c5cccnc5)cc2c43)cc1. The average Bonchev–Trinajstić information content (AvgIpc) is 0.735. The molecule has 5 nitrogen and oxygen atoms in total. The largest absolute Gasteiger partial charge is 0.338 e. The average molecular weight is 1330 g/mol. The molecule has 5 heterocycles. The standard InChI is InChI=1S/C96H96BN5/c1-91(2,3)65-33-29-60(30-34-65)73-26-20-19-24-63(73)59-99-86-56-71(100-82-45-37-67(93(7,8)9)52-75(82)76-53-68(94(10,11)12)38-46-83(76)100)41-43-79(86)97-80-44-42-72(101-84-47-39-69(95(13,14)15)54-77(84)78-55-70(96(16,17)18)40-48-85(78)101)57-87(80)102(89-51-64(50-88(99)90(89)97)62-25-23-49-98-58-62)81-28-22-21-27-74(81)61-31-35-66(36-32-61)92(4,5)6/h19-58H,59H2,1-18H3. The van der Waals surface area contributed by atoms with Gasteiger partial charge in [-0.3, -0.25) is 4.98 Å². The second kappa shape index (κ2) is 23.7. The molecule has 16 rings (SSSR count). The lowest BCUT2D eigenvalue weighted by Crippen LogP contribution is -2.61. The van der Waals surface area contributed by atoms with Gasteiger partial charge in [0.05, 0.1) is 27.8 Å². The van der Waals surface area contributed by atoms with Crippen LogP contribution in [0.25, 0.3) is 88.4 Å². The van der Waals surface area contributed by atoms with Crippen LogP contribution in [-0.4, -0.2) is 20.8 Å². The zero-order valence-corrected chi connectivity index (χ0v) is 63.1. The Balaban J connectivity index is 1.01. The molecule has 0 N–H and O–H groups in total. The molecule has 0 fully saturated rings. The van der Waals surface area contributed by atoms with Crippen molar-refractivity contribution in [3.05, 3.63) is 282 Å². The number of para-hydroxylation sites is 1. The van der Waals surface area contributed by atoms with Crippen molar-refractivity contribution in [2.24, 2.45) is 0 Å². The highest BCUT2D eigenvalue weighted by atomic mass is 15.2. The zero-order chi connectivity index (χ0) is 71.5. The molecule has 2 aliphatic heterocycles. The van der Waals surface area contributed by atoms with E-state index in [0.29, 0.717) is 6.54 Å². The van der Waals surface area contributed by atoms with Crippen LogP contribution in [0, 0.1) is 0 Å². The van der Waals surface area contributed by atoms with Gasteiger partial charge in [-0.05, 0) is 207 Å². The van der Waals surface area contributed by atoms with Gasteiger partial charge in [0.25, 0.3) is 6.71 Å².